The second-order valence-electron chi connectivity index (χ2n) is 7.87. The summed E-state index contributed by atoms with van der Waals surface area (Å²) in [5, 5.41) is 7.50. The smallest absolute Gasteiger partial charge is 0.247 e. The maximum absolute atomic E-state index is 12.3. The molecule has 170 valence electrons. The second kappa shape index (κ2) is 10.0. The van der Waals surface area contributed by atoms with Gasteiger partial charge in [-0.05, 0) is 43.4 Å². The average molecular weight is 455 g/mol. The van der Waals surface area contributed by atoms with Crippen molar-refractivity contribution < 1.29 is 9.53 Å². The van der Waals surface area contributed by atoms with E-state index < -0.39 is 0 Å². The number of anilines is 2. The maximum Gasteiger partial charge on any atom is 0.247 e. The van der Waals surface area contributed by atoms with Gasteiger partial charge in [0, 0.05) is 31.2 Å². The van der Waals surface area contributed by atoms with E-state index in [-0.39, 0.29) is 25.4 Å². The van der Waals surface area contributed by atoms with Crippen molar-refractivity contribution in [2.75, 3.05) is 24.4 Å². The van der Waals surface area contributed by atoms with Crippen molar-refractivity contribution in [2.45, 2.75) is 45.7 Å². The molecule has 0 saturated carbocycles. The summed E-state index contributed by atoms with van der Waals surface area (Å²) in [4.78, 5) is 23.3. The third-order valence-electron chi connectivity index (χ3n) is 5.73. The third kappa shape index (κ3) is 4.88. The Kier molecular flexibility index (Phi) is 7.40. The van der Waals surface area contributed by atoms with Gasteiger partial charge in [0.1, 0.15) is 6.04 Å². The molecular formula is C23H30N6O2S. The van der Waals surface area contributed by atoms with Crippen molar-refractivity contribution in [1.29, 1.82) is 0 Å². The lowest BCUT2D eigenvalue weighted by Gasteiger charge is -2.35. The molecule has 1 N–H and O–H groups in total. The molecular weight excluding hydrogens is 424 g/mol. The van der Waals surface area contributed by atoms with Crippen molar-refractivity contribution >= 4 is 30.8 Å². The van der Waals surface area contributed by atoms with Crippen LogP contribution in [0.15, 0.2) is 36.8 Å². The Bertz CT molecular complexity index is 1080. The lowest BCUT2D eigenvalue weighted by Crippen LogP contribution is -2.46. The number of amides is 1. The Morgan fingerprint density at radius 1 is 1.19 bits per heavy atom. The van der Waals surface area contributed by atoms with E-state index in [1.165, 1.54) is 0 Å². The summed E-state index contributed by atoms with van der Waals surface area (Å²) in [7, 11) is 3.59. The zero-order valence-corrected chi connectivity index (χ0v) is 19.9. The lowest BCUT2D eigenvalue weighted by atomic mass is 10.0. The first-order valence-corrected chi connectivity index (χ1v) is 10.5. The number of nitrogens with zero attached hydrogens (tertiary/aromatic N) is 5. The fourth-order valence-electron chi connectivity index (χ4n) is 4.00. The zero-order chi connectivity index (χ0) is 22.0. The van der Waals surface area contributed by atoms with Crippen LogP contribution in [0.2, 0.25) is 0 Å². The molecule has 1 aliphatic heterocycles. The third-order valence-corrected chi connectivity index (χ3v) is 5.73. The minimum atomic E-state index is -0.146. The predicted molar refractivity (Wildman–Crippen MR) is 130 cm³/mol. The SMILES string of the molecule is CC[C@H]1C(=O)Nc2c(cc(CCc3cnn(Cc4ccc(OC)nc4)c3)nc2C)N1C.S. The summed E-state index contributed by atoms with van der Waals surface area (Å²) in [5.41, 5.74) is 5.95. The first kappa shape index (κ1) is 23.6. The lowest BCUT2D eigenvalue weighted by molar-refractivity contribution is -0.117. The van der Waals surface area contributed by atoms with Crippen LogP contribution >= 0.6 is 13.5 Å². The summed E-state index contributed by atoms with van der Waals surface area (Å²) in [6, 6.07) is 5.80. The molecule has 8 nitrogen and oxygen atoms in total. The van der Waals surface area contributed by atoms with E-state index >= 15 is 0 Å². The number of fused-ring (bicyclic) bond motifs is 1. The molecule has 1 amide bonds. The van der Waals surface area contributed by atoms with E-state index in [0.29, 0.717) is 12.4 Å². The van der Waals surface area contributed by atoms with E-state index in [9.17, 15) is 4.79 Å². The highest BCUT2D eigenvalue weighted by Gasteiger charge is 2.30. The number of likely N-dealkylation sites (N-methyl/N-ethyl adjacent to an activating group) is 1. The highest BCUT2D eigenvalue weighted by molar-refractivity contribution is 7.59. The summed E-state index contributed by atoms with van der Waals surface area (Å²) in [5.74, 6) is 0.642. The number of carbonyl (C=O) groups excluding carboxylic acids is 1. The Labute approximate surface area is 195 Å². The van der Waals surface area contributed by atoms with Crippen molar-refractivity contribution in [3.8, 4) is 5.88 Å². The molecule has 4 rings (SSSR count). The number of nitrogens with one attached hydrogen (secondary N) is 1. The molecule has 1 atom stereocenters. The minimum absolute atomic E-state index is 0. The van der Waals surface area contributed by atoms with Gasteiger partial charge in [-0.2, -0.15) is 18.6 Å². The van der Waals surface area contributed by atoms with Gasteiger partial charge in [-0.1, -0.05) is 13.0 Å². The van der Waals surface area contributed by atoms with Crippen LogP contribution in [0.3, 0.4) is 0 Å². The predicted octanol–water partition coefficient (Wildman–Crippen LogP) is 3.10. The van der Waals surface area contributed by atoms with Crippen molar-refractivity contribution in [2.24, 2.45) is 0 Å². The first-order valence-electron chi connectivity index (χ1n) is 10.5. The van der Waals surface area contributed by atoms with Crippen LogP contribution in [-0.2, 0) is 24.2 Å². The van der Waals surface area contributed by atoms with Gasteiger partial charge >= 0.3 is 0 Å². The van der Waals surface area contributed by atoms with E-state index in [1.807, 2.05) is 43.9 Å². The van der Waals surface area contributed by atoms with E-state index in [4.69, 9.17) is 9.72 Å². The van der Waals surface area contributed by atoms with Crippen LogP contribution < -0.4 is 15.0 Å². The number of pyridine rings is 2. The van der Waals surface area contributed by atoms with Crippen molar-refractivity contribution in [3.63, 3.8) is 0 Å². The van der Waals surface area contributed by atoms with Crippen LogP contribution in [-0.4, -0.2) is 45.9 Å². The first-order chi connectivity index (χ1) is 15.0. The van der Waals surface area contributed by atoms with Gasteiger partial charge in [-0.3, -0.25) is 14.5 Å². The number of aryl methyl sites for hydroxylation is 3. The summed E-state index contributed by atoms with van der Waals surface area (Å²) >= 11 is 0. The largest absolute Gasteiger partial charge is 0.481 e. The van der Waals surface area contributed by atoms with E-state index in [1.54, 1.807) is 13.3 Å². The van der Waals surface area contributed by atoms with Crippen LogP contribution in [0.4, 0.5) is 11.4 Å². The van der Waals surface area contributed by atoms with Crippen molar-refractivity contribution in [3.05, 3.63) is 59.3 Å². The van der Waals surface area contributed by atoms with Crippen LogP contribution in [0, 0.1) is 6.92 Å². The van der Waals surface area contributed by atoms with Gasteiger partial charge in [0.2, 0.25) is 11.8 Å². The Balaban J connectivity index is 0.00000289. The number of hydrogen-bond acceptors (Lipinski definition) is 6. The highest BCUT2D eigenvalue weighted by Crippen LogP contribution is 2.34. The fourth-order valence-corrected chi connectivity index (χ4v) is 4.00. The second-order valence-corrected chi connectivity index (χ2v) is 7.87. The summed E-state index contributed by atoms with van der Waals surface area (Å²) in [6.45, 7) is 4.64. The van der Waals surface area contributed by atoms with Gasteiger partial charge in [0.15, 0.2) is 0 Å². The van der Waals surface area contributed by atoms with Gasteiger partial charge < -0.3 is 15.0 Å². The average Bonchev–Trinajstić information content (AvgIpc) is 3.21. The number of aromatic nitrogens is 4. The number of ether oxygens (including phenoxy) is 1. The molecule has 4 heterocycles. The highest BCUT2D eigenvalue weighted by atomic mass is 32.1. The molecule has 9 heteroatoms. The van der Waals surface area contributed by atoms with E-state index in [2.05, 4.69) is 32.6 Å². The van der Waals surface area contributed by atoms with Crippen LogP contribution in [0.5, 0.6) is 5.88 Å². The van der Waals surface area contributed by atoms with Gasteiger partial charge in [-0.25, -0.2) is 4.98 Å². The van der Waals surface area contributed by atoms with Gasteiger partial charge in [-0.15, -0.1) is 0 Å². The van der Waals surface area contributed by atoms with Gasteiger partial charge in [0.25, 0.3) is 0 Å². The van der Waals surface area contributed by atoms with E-state index in [0.717, 1.165) is 53.2 Å². The van der Waals surface area contributed by atoms with Crippen LogP contribution in [0.25, 0.3) is 0 Å². The quantitative estimate of drug-likeness (QED) is 0.591. The molecule has 0 spiro atoms. The molecule has 32 heavy (non-hydrogen) atoms. The summed E-state index contributed by atoms with van der Waals surface area (Å²) < 4.78 is 7.02. The fraction of sp³-hybridized carbons (Fsp3) is 0.391. The number of methoxy groups -OCH3 is 1. The molecule has 0 aliphatic carbocycles. The topological polar surface area (TPSA) is 85.2 Å². The molecule has 3 aromatic heterocycles. The standard InChI is InChI=1S/C23H28N6O2.H2S/c1-5-19-23(30)27-22-15(2)26-18(10-20(22)28(19)3)8-6-17-12-25-29(14-17)13-16-7-9-21(31-4)24-11-16;/h7,9-12,14,19H,5-6,8,13H2,1-4H3,(H,27,30);1H2/t19-;/m0./s1. The minimum Gasteiger partial charge on any atom is -0.481 e. The Hall–Kier alpha value is -3.07. The molecule has 1 aliphatic rings. The Morgan fingerprint density at radius 2 is 2.00 bits per heavy atom. The number of hydrogen-bond donors (Lipinski definition) is 1. The van der Waals surface area contributed by atoms with Crippen molar-refractivity contribution in [1.82, 2.24) is 19.7 Å². The Morgan fingerprint density at radius 3 is 2.69 bits per heavy atom. The molecule has 0 radical (unpaired) electrons. The zero-order valence-electron chi connectivity index (χ0n) is 18.9. The van der Waals surface area contributed by atoms with Crippen LogP contribution in [0.1, 0.15) is 35.9 Å². The summed E-state index contributed by atoms with van der Waals surface area (Å²) in [6.07, 6.45) is 8.19. The molecule has 0 saturated heterocycles. The molecule has 0 bridgehead atoms. The number of carbonyl (C=O) groups is 1. The molecule has 3 aromatic rings. The molecule has 0 fully saturated rings. The van der Waals surface area contributed by atoms with Gasteiger partial charge in [0.05, 0.1) is 36.9 Å². The number of rotatable bonds is 7. The normalized spacial score (nSPS) is 15.1. The molecule has 0 aromatic carbocycles. The monoisotopic (exact) mass is 454 g/mol. The molecule has 0 unspecified atom stereocenters. The maximum atomic E-state index is 12.3.